The molecule has 0 spiro atoms. The molecule has 1 heterocycles. The standard InChI is InChI=1S/C18H21NOS/c1-18(2)10-8-14(12-18)19-17(20)16-15(9-11-21-16)13-6-4-3-5-7-13/h3-7,9,11,14H,8,10,12H2,1-2H3,(H,19,20). The van der Waals surface area contributed by atoms with Crippen LogP contribution in [0.3, 0.4) is 0 Å². The van der Waals surface area contributed by atoms with E-state index in [4.69, 9.17) is 0 Å². The summed E-state index contributed by atoms with van der Waals surface area (Å²) in [6.07, 6.45) is 3.35. The normalized spacial score (nSPS) is 20.4. The van der Waals surface area contributed by atoms with Crippen molar-refractivity contribution < 1.29 is 4.79 Å². The molecule has 2 nitrogen and oxygen atoms in total. The van der Waals surface area contributed by atoms with E-state index in [0.29, 0.717) is 11.5 Å². The van der Waals surface area contributed by atoms with E-state index in [9.17, 15) is 4.79 Å². The van der Waals surface area contributed by atoms with Crippen LogP contribution in [-0.2, 0) is 0 Å². The average molecular weight is 299 g/mol. The zero-order valence-corrected chi connectivity index (χ0v) is 13.4. The molecular weight excluding hydrogens is 278 g/mol. The van der Waals surface area contributed by atoms with Crippen molar-refractivity contribution in [2.75, 3.05) is 0 Å². The third kappa shape index (κ3) is 3.18. The van der Waals surface area contributed by atoms with Crippen LogP contribution in [0.4, 0.5) is 0 Å². The summed E-state index contributed by atoms with van der Waals surface area (Å²) in [5.74, 6) is 0.0755. The maximum atomic E-state index is 12.6. The van der Waals surface area contributed by atoms with Gasteiger partial charge in [-0.3, -0.25) is 4.79 Å². The van der Waals surface area contributed by atoms with Crippen LogP contribution in [0.1, 0.15) is 42.8 Å². The fraction of sp³-hybridized carbons (Fsp3) is 0.389. The largest absolute Gasteiger partial charge is 0.349 e. The summed E-state index contributed by atoms with van der Waals surface area (Å²) in [4.78, 5) is 13.4. The van der Waals surface area contributed by atoms with Gasteiger partial charge >= 0.3 is 0 Å². The van der Waals surface area contributed by atoms with Gasteiger partial charge in [0.15, 0.2) is 0 Å². The molecule has 1 aliphatic carbocycles. The van der Waals surface area contributed by atoms with Crippen LogP contribution in [0.5, 0.6) is 0 Å². The number of nitrogens with one attached hydrogen (secondary N) is 1. The second-order valence-corrected chi connectivity index (χ2v) is 7.52. The summed E-state index contributed by atoms with van der Waals surface area (Å²) in [5, 5.41) is 5.21. The van der Waals surface area contributed by atoms with Crippen LogP contribution in [0.15, 0.2) is 41.8 Å². The van der Waals surface area contributed by atoms with Gasteiger partial charge < -0.3 is 5.32 Å². The minimum Gasteiger partial charge on any atom is -0.349 e. The first kappa shape index (κ1) is 14.3. The second-order valence-electron chi connectivity index (χ2n) is 6.61. The van der Waals surface area contributed by atoms with Gasteiger partial charge in [0.05, 0.1) is 4.88 Å². The molecule has 0 bridgehead atoms. The van der Waals surface area contributed by atoms with Crippen molar-refractivity contribution >= 4 is 17.2 Å². The Hall–Kier alpha value is -1.61. The topological polar surface area (TPSA) is 29.1 Å². The number of benzene rings is 1. The fourth-order valence-corrected chi connectivity index (χ4v) is 3.96. The molecule has 21 heavy (non-hydrogen) atoms. The summed E-state index contributed by atoms with van der Waals surface area (Å²) in [7, 11) is 0. The predicted molar refractivity (Wildman–Crippen MR) is 88.6 cm³/mol. The number of carbonyl (C=O) groups excluding carboxylic acids is 1. The van der Waals surface area contributed by atoms with Crippen LogP contribution in [0.25, 0.3) is 11.1 Å². The lowest BCUT2D eigenvalue weighted by molar-refractivity contribution is 0.0940. The lowest BCUT2D eigenvalue weighted by Gasteiger charge is -2.17. The minimum atomic E-state index is 0.0755. The molecule has 110 valence electrons. The molecule has 0 aliphatic heterocycles. The van der Waals surface area contributed by atoms with Crippen molar-refractivity contribution in [1.82, 2.24) is 5.32 Å². The molecule has 1 aliphatic rings. The lowest BCUT2D eigenvalue weighted by atomic mass is 9.92. The van der Waals surface area contributed by atoms with Gasteiger partial charge in [-0.05, 0) is 41.7 Å². The van der Waals surface area contributed by atoms with Crippen LogP contribution < -0.4 is 5.32 Å². The van der Waals surface area contributed by atoms with Crippen molar-refractivity contribution in [3.05, 3.63) is 46.7 Å². The first-order valence-corrected chi connectivity index (χ1v) is 8.37. The van der Waals surface area contributed by atoms with E-state index < -0.39 is 0 Å². The molecular formula is C18H21NOS. The van der Waals surface area contributed by atoms with Crippen molar-refractivity contribution in [1.29, 1.82) is 0 Å². The van der Waals surface area contributed by atoms with E-state index in [1.54, 1.807) is 0 Å². The highest BCUT2D eigenvalue weighted by Crippen LogP contribution is 2.37. The van der Waals surface area contributed by atoms with Crippen molar-refractivity contribution in [3.8, 4) is 11.1 Å². The maximum Gasteiger partial charge on any atom is 0.262 e. The van der Waals surface area contributed by atoms with E-state index >= 15 is 0 Å². The average Bonchev–Trinajstić information content (AvgIpc) is 3.06. The van der Waals surface area contributed by atoms with Crippen molar-refractivity contribution in [3.63, 3.8) is 0 Å². The smallest absolute Gasteiger partial charge is 0.262 e. The van der Waals surface area contributed by atoms with E-state index in [1.165, 1.54) is 17.8 Å². The Morgan fingerprint density at radius 2 is 2.00 bits per heavy atom. The Balaban J connectivity index is 1.76. The number of carbonyl (C=O) groups is 1. The van der Waals surface area contributed by atoms with Gasteiger partial charge in [0, 0.05) is 11.6 Å². The Bertz CT molecular complexity index is 630. The number of rotatable bonds is 3. The van der Waals surface area contributed by atoms with Crippen LogP contribution in [0.2, 0.25) is 0 Å². The number of thiophene rings is 1. The molecule has 1 aromatic carbocycles. The van der Waals surface area contributed by atoms with Gasteiger partial charge in [-0.2, -0.15) is 0 Å². The van der Waals surface area contributed by atoms with Gasteiger partial charge in [-0.25, -0.2) is 0 Å². The van der Waals surface area contributed by atoms with Crippen molar-refractivity contribution in [2.24, 2.45) is 5.41 Å². The third-order valence-electron chi connectivity index (χ3n) is 4.26. The summed E-state index contributed by atoms with van der Waals surface area (Å²) in [6, 6.07) is 12.5. The van der Waals surface area contributed by atoms with Gasteiger partial charge in [0.25, 0.3) is 5.91 Å². The molecule has 2 aromatic rings. The van der Waals surface area contributed by atoms with Crippen LogP contribution in [-0.4, -0.2) is 11.9 Å². The SMILES string of the molecule is CC1(C)CCC(NC(=O)c2sccc2-c2ccccc2)C1. The quantitative estimate of drug-likeness (QED) is 0.872. The van der Waals surface area contributed by atoms with Crippen LogP contribution >= 0.6 is 11.3 Å². The first-order chi connectivity index (χ1) is 10.1. The second kappa shape index (κ2) is 5.64. The molecule has 1 aromatic heterocycles. The fourth-order valence-electron chi connectivity index (χ4n) is 3.14. The molecule has 3 heteroatoms. The molecule has 1 unspecified atom stereocenters. The summed E-state index contributed by atoms with van der Waals surface area (Å²) < 4.78 is 0. The van der Waals surface area contributed by atoms with Gasteiger partial charge in [-0.15, -0.1) is 11.3 Å². The van der Waals surface area contributed by atoms with Gasteiger partial charge in [0.2, 0.25) is 0 Å². The molecule has 0 saturated heterocycles. The zero-order chi connectivity index (χ0) is 14.9. The maximum absolute atomic E-state index is 12.6. The Kier molecular flexibility index (Phi) is 3.85. The highest BCUT2D eigenvalue weighted by molar-refractivity contribution is 7.12. The Morgan fingerprint density at radius 3 is 2.67 bits per heavy atom. The lowest BCUT2D eigenvalue weighted by Crippen LogP contribution is -2.33. The summed E-state index contributed by atoms with van der Waals surface area (Å²) >= 11 is 1.52. The van der Waals surface area contributed by atoms with E-state index in [1.807, 2.05) is 29.6 Å². The highest BCUT2D eigenvalue weighted by atomic mass is 32.1. The van der Waals surface area contributed by atoms with E-state index in [0.717, 1.165) is 28.8 Å². The van der Waals surface area contributed by atoms with Crippen molar-refractivity contribution in [2.45, 2.75) is 39.2 Å². The van der Waals surface area contributed by atoms with E-state index in [-0.39, 0.29) is 5.91 Å². The minimum absolute atomic E-state index is 0.0755. The third-order valence-corrected chi connectivity index (χ3v) is 5.17. The first-order valence-electron chi connectivity index (χ1n) is 7.49. The summed E-state index contributed by atoms with van der Waals surface area (Å²) in [6.45, 7) is 4.55. The monoisotopic (exact) mass is 299 g/mol. The van der Waals surface area contributed by atoms with Gasteiger partial charge in [0.1, 0.15) is 0 Å². The zero-order valence-electron chi connectivity index (χ0n) is 12.6. The number of amides is 1. The number of hydrogen-bond donors (Lipinski definition) is 1. The molecule has 1 fully saturated rings. The molecule has 1 amide bonds. The molecule has 0 radical (unpaired) electrons. The van der Waals surface area contributed by atoms with E-state index in [2.05, 4.69) is 31.3 Å². The van der Waals surface area contributed by atoms with Gasteiger partial charge in [-0.1, -0.05) is 44.2 Å². The molecule has 3 rings (SSSR count). The number of hydrogen-bond acceptors (Lipinski definition) is 2. The summed E-state index contributed by atoms with van der Waals surface area (Å²) in [5.41, 5.74) is 2.50. The van der Waals surface area contributed by atoms with Crippen LogP contribution in [0, 0.1) is 5.41 Å². The molecule has 1 atom stereocenters. The molecule has 1 saturated carbocycles. The molecule has 1 N–H and O–H groups in total. The predicted octanol–water partition coefficient (Wildman–Crippen LogP) is 4.72. The Labute approximate surface area is 130 Å². The highest BCUT2D eigenvalue weighted by Gasteiger charge is 2.32. The Morgan fingerprint density at radius 1 is 1.24 bits per heavy atom.